The summed E-state index contributed by atoms with van der Waals surface area (Å²) in [6, 6.07) is 17.8. The van der Waals surface area contributed by atoms with Crippen LogP contribution in [0.2, 0.25) is 0 Å². The molecule has 0 unspecified atom stereocenters. The Morgan fingerprint density at radius 3 is 2.50 bits per heavy atom. The fourth-order valence-corrected chi connectivity index (χ4v) is 5.62. The van der Waals surface area contributed by atoms with E-state index in [-0.39, 0.29) is 11.0 Å². The number of fused-ring (bicyclic) bond motifs is 1. The number of ether oxygens (including phenoxy) is 2. The molecule has 1 fully saturated rings. The summed E-state index contributed by atoms with van der Waals surface area (Å²) in [4.78, 5) is 4.60. The molecular formula is C25H24N2O4S. The molecule has 32 heavy (non-hydrogen) atoms. The molecule has 6 nitrogen and oxygen atoms in total. The fourth-order valence-electron chi connectivity index (χ4n) is 4.27. The highest BCUT2D eigenvalue weighted by molar-refractivity contribution is 7.90. The van der Waals surface area contributed by atoms with Crippen LogP contribution in [0.4, 0.5) is 0 Å². The molecule has 2 aromatic heterocycles. The number of nitrogens with zero attached hydrogens (tertiary/aromatic N) is 2. The highest BCUT2D eigenvalue weighted by Gasteiger charge is 2.24. The van der Waals surface area contributed by atoms with Gasteiger partial charge in [-0.1, -0.05) is 24.3 Å². The van der Waals surface area contributed by atoms with Crippen molar-refractivity contribution >= 4 is 21.1 Å². The molecule has 5 rings (SSSR count). The molecule has 0 N–H and O–H groups in total. The van der Waals surface area contributed by atoms with E-state index in [1.807, 2.05) is 30.3 Å². The summed E-state index contributed by atoms with van der Waals surface area (Å²) in [5.74, 6) is 1.34. The van der Waals surface area contributed by atoms with E-state index in [2.05, 4.69) is 4.98 Å². The Labute approximate surface area is 187 Å². The molecule has 1 aliphatic carbocycles. The highest BCUT2D eigenvalue weighted by Crippen LogP contribution is 2.38. The Hall–Kier alpha value is -3.32. The SMILES string of the molecule is COc1ccc(-c2cn(S(=O)(=O)c3ccccc3)c3ncccc23)cc1OC1CCCC1. The molecule has 2 heterocycles. The third-order valence-electron chi connectivity index (χ3n) is 5.90. The second-order valence-electron chi connectivity index (χ2n) is 7.92. The van der Waals surface area contributed by atoms with Crippen LogP contribution < -0.4 is 9.47 Å². The molecule has 2 aromatic carbocycles. The zero-order valence-corrected chi connectivity index (χ0v) is 18.6. The second-order valence-corrected chi connectivity index (χ2v) is 9.74. The lowest BCUT2D eigenvalue weighted by molar-refractivity contribution is 0.201. The van der Waals surface area contributed by atoms with E-state index in [1.165, 1.54) is 16.8 Å². The average Bonchev–Trinajstić information content (AvgIpc) is 3.48. The van der Waals surface area contributed by atoms with E-state index < -0.39 is 10.0 Å². The summed E-state index contributed by atoms with van der Waals surface area (Å²) < 4.78 is 39.8. The normalized spacial score (nSPS) is 14.7. The number of methoxy groups -OCH3 is 1. The summed E-state index contributed by atoms with van der Waals surface area (Å²) in [5, 5.41) is 0.754. The summed E-state index contributed by atoms with van der Waals surface area (Å²) in [6.07, 6.45) is 7.83. The Morgan fingerprint density at radius 1 is 0.969 bits per heavy atom. The van der Waals surface area contributed by atoms with Gasteiger partial charge in [0.2, 0.25) is 0 Å². The third-order valence-corrected chi connectivity index (χ3v) is 7.57. The third kappa shape index (κ3) is 3.62. The first-order valence-corrected chi connectivity index (χ1v) is 12.1. The molecule has 4 aromatic rings. The van der Waals surface area contributed by atoms with Crippen LogP contribution in [0.1, 0.15) is 25.7 Å². The molecule has 0 radical (unpaired) electrons. The smallest absolute Gasteiger partial charge is 0.269 e. The Bertz CT molecular complexity index is 1360. The maximum absolute atomic E-state index is 13.4. The van der Waals surface area contributed by atoms with Crippen molar-refractivity contribution in [2.24, 2.45) is 0 Å². The lowest BCUT2D eigenvalue weighted by atomic mass is 10.1. The average molecular weight is 449 g/mol. The van der Waals surface area contributed by atoms with Gasteiger partial charge < -0.3 is 9.47 Å². The molecule has 164 valence electrons. The van der Waals surface area contributed by atoms with E-state index >= 15 is 0 Å². The van der Waals surface area contributed by atoms with E-state index in [0.717, 1.165) is 29.4 Å². The summed E-state index contributed by atoms with van der Waals surface area (Å²) in [6.45, 7) is 0. The number of rotatable bonds is 6. The van der Waals surface area contributed by atoms with Gasteiger partial charge in [-0.2, -0.15) is 0 Å². The number of hydrogen-bond acceptors (Lipinski definition) is 5. The van der Waals surface area contributed by atoms with E-state index in [1.54, 1.807) is 49.8 Å². The van der Waals surface area contributed by atoms with Crippen molar-refractivity contribution in [2.75, 3.05) is 7.11 Å². The van der Waals surface area contributed by atoms with Crippen molar-refractivity contribution in [3.8, 4) is 22.6 Å². The van der Waals surface area contributed by atoms with Crippen molar-refractivity contribution in [1.82, 2.24) is 8.96 Å². The molecule has 7 heteroatoms. The molecule has 0 amide bonds. The van der Waals surface area contributed by atoms with Crippen molar-refractivity contribution in [1.29, 1.82) is 0 Å². The van der Waals surface area contributed by atoms with Crippen molar-refractivity contribution < 1.29 is 17.9 Å². The maximum atomic E-state index is 13.4. The van der Waals surface area contributed by atoms with Gasteiger partial charge in [0.1, 0.15) is 0 Å². The lowest BCUT2D eigenvalue weighted by Gasteiger charge is -2.16. The monoisotopic (exact) mass is 448 g/mol. The zero-order valence-electron chi connectivity index (χ0n) is 17.8. The highest BCUT2D eigenvalue weighted by atomic mass is 32.2. The molecular weight excluding hydrogens is 424 g/mol. The van der Waals surface area contributed by atoms with Gasteiger partial charge in [-0.15, -0.1) is 0 Å². The van der Waals surface area contributed by atoms with E-state index in [9.17, 15) is 8.42 Å². The molecule has 0 atom stereocenters. The first kappa shape index (κ1) is 20.6. The van der Waals surface area contributed by atoms with E-state index in [4.69, 9.17) is 9.47 Å². The number of benzene rings is 2. The van der Waals surface area contributed by atoms with Crippen LogP contribution in [0, 0.1) is 0 Å². The zero-order chi connectivity index (χ0) is 22.1. The summed E-state index contributed by atoms with van der Waals surface area (Å²) >= 11 is 0. The second kappa shape index (κ2) is 8.31. The van der Waals surface area contributed by atoms with Gasteiger partial charge in [0.15, 0.2) is 17.1 Å². The van der Waals surface area contributed by atoms with Crippen LogP contribution in [-0.4, -0.2) is 30.6 Å². The van der Waals surface area contributed by atoms with Crippen molar-refractivity contribution in [3.63, 3.8) is 0 Å². The fraction of sp³-hybridized carbons (Fsp3) is 0.240. The Morgan fingerprint density at radius 2 is 1.75 bits per heavy atom. The van der Waals surface area contributed by atoms with Crippen LogP contribution in [-0.2, 0) is 10.0 Å². The first-order chi connectivity index (χ1) is 15.6. The molecule has 1 aliphatic rings. The molecule has 0 saturated heterocycles. The van der Waals surface area contributed by atoms with Crippen LogP contribution in [0.5, 0.6) is 11.5 Å². The Balaban J connectivity index is 1.64. The van der Waals surface area contributed by atoms with Crippen LogP contribution in [0.3, 0.4) is 0 Å². The van der Waals surface area contributed by atoms with Crippen LogP contribution >= 0.6 is 0 Å². The van der Waals surface area contributed by atoms with Gasteiger partial charge in [-0.3, -0.25) is 0 Å². The van der Waals surface area contributed by atoms with Gasteiger partial charge >= 0.3 is 0 Å². The van der Waals surface area contributed by atoms with Gasteiger partial charge in [-0.25, -0.2) is 17.4 Å². The first-order valence-electron chi connectivity index (χ1n) is 10.7. The predicted octanol–water partition coefficient (Wildman–Crippen LogP) is 5.27. The van der Waals surface area contributed by atoms with Crippen molar-refractivity contribution in [3.05, 3.63) is 73.1 Å². The summed E-state index contributed by atoms with van der Waals surface area (Å²) in [5.41, 5.74) is 2.01. The number of pyridine rings is 1. The Kier molecular flexibility index (Phi) is 5.35. The predicted molar refractivity (Wildman–Crippen MR) is 124 cm³/mol. The minimum Gasteiger partial charge on any atom is -0.493 e. The molecule has 0 aliphatic heterocycles. The van der Waals surface area contributed by atoms with Crippen LogP contribution in [0.25, 0.3) is 22.2 Å². The molecule has 0 spiro atoms. The van der Waals surface area contributed by atoms with E-state index in [0.29, 0.717) is 17.1 Å². The standard InChI is InChI=1S/C25H24N2O4S/c1-30-23-14-13-18(16-24(23)31-19-8-5-6-9-19)22-17-27(25-21(22)12-7-15-26-25)32(28,29)20-10-3-2-4-11-20/h2-4,7,10-17,19H,5-6,8-9H2,1H3. The largest absolute Gasteiger partial charge is 0.493 e. The van der Waals surface area contributed by atoms with Crippen molar-refractivity contribution in [2.45, 2.75) is 36.7 Å². The quantitative estimate of drug-likeness (QED) is 0.402. The molecule has 0 bridgehead atoms. The van der Waals surface area contributed by atoms with Crippen LogP contribution in [0.15, 0.2) is 78.0 Å². The van der Waals surface area contributed by atoms with Gasteiger partial charge in [0.05, 0.1) is 18.1 Å². The van der Waals surface area contributed by atoms with Gasteiger partial charge in [-0.05, 0) is 67.6 Å². The van der Waals surface area contributed by atoms with Gasteiger partial charge in [0, 0.05) is 23.3 Å². The lowest BCUT2D eigenvalue weighted by Crippen LogP contribution is -2.12. The minimum atomic E-state index is -3.80. The number of aromatic nitrogens is 2. The maximum Gasteiger partial charge on any atom is 0.269 e. The topological polar surface area (TPSA) is 70.4 Å². The minimum absolute atomic E-state index is 0.181. The van der Waals surface area contributed by atoms with Gasteiger partial charge in [0.25, 0.3) is 10.0 Å². The summed E-state index contributed by atoms with van der Waals surface area (Å²) in [7, 11) is -2.17. The molecule has 1 saturated carbocycles. The number of hydrogen-bond donors (Lipinski definition) is 0.